The fraction of sp³-hybridized carbons (Fsp3) is 0.389. The molecule has 2 atom stereocenters. The summed E-state index contributed by atoms with van der Waals surface area (Å²) in [5.74, 6) is -0.555. The second-order valence-corrected chi connectivity index (χ2v) is 7.16. The maximum Gasteiger partial charge on any atom is 0.165 e. The number of nitrogens with one attached hydrogen (secondary N) is 2. The highest BCUT2D eigenvalue weighted by Crippen LogP contribution is 2.25. The summed E-state index contributed by atoms with van der Waals surface area (Å²) in [5.41, 5.74) is 1.00. The standard InChI is InChI=1S/C18H20F2N6O/c1-18(2,27)15-9-26-14(7-23-16(26)8-22-15)12-4-3-10(19)17(24-12)25-13-6-21-5-11(13)20/h3-4,7-9,11,13,21,27H,5-6H2,1-2H3,(H,24,25). The van der Waals surface area contributed by atoms with E-state index in [-0.39, 0.29) is 12.4 Å². The molecule has 0 radical (unpaired) electrons. The van der Waals surface area contributed by atoms with Crippen molar-refractivity contribution in [2.24, 2.45) is 0 Å². The van der Waals surface area contributed by atoms with E-state index in [1.54, 1.807) is 36.8 Å². The summed E-state index contributed by atoms with van der Waals surface area (Å²) < 4.78 is 29.8. The van der Waals surface area contributed by atoms with E-state index >= 15 is 0 Å². The van der Waals surface area contributed by atoms with Crippen molar-refractivity contribution >= 4 is 11.5 Å². The molecule has 7 nitrogen and oxygen atoms in total. The van der Waals surface area contributed by atoms with Gasteiger partial charge in [0.2, 0.25) is 0 Å². The first-order chi connectivity index (χ1) is 12.8. The number of hydrogen-bond donors (Lipinski definition) is 3. The zero-order chi connectivity index (χ0) is 19.2. The molecule has 1 aliphatic heterocycles. The van der Waals surface area contributed by atoms with Crippen LogP contribution in [-0.2, 0) is 5.60 Å². The van der Waals surface area contributed by atoms with Crippen LogP contribution in [0.5, 0.6) is 0 Å². The van der Waals surface area contributed by atoms with Crippen LogP contribution in [0.3, 0.4) is 0 Å². The lowest BCUT2D eigenvalue weighted by molar-refractivity contribution is 0.0734. The fourth-order valence-corrected chi connectivity index (χ4v) is 3.04. The van der Waals surface area contributed by atoms with Crippen molar-refractivity contribution in [2.45, 2.75) is 31.7 Å². The monoisotopic (exact) mass is 374 g/mol. The number of hydrogen-bond acceptors (Lipinski definition) is 6. The largest absolute Gasteiger partial charge is 0.384 e. The highest BCUT2D eigenvalue weighted by molar-refractivity contribution is 5.62. The Hall–Kier alpha value is -2.65. The van der Waals surface area contributed by atoms with Crippen molar-refractivity contribution in [1.82, 2.24) is 24.7 Å². The van der Waals surface area contributed by atoms with Gasteiger partial charge in [-0.15, -0.1) is 0 Å². The molecule has 3 aromatic heterocycles. The molecule has 9 heteroatoms. The Labute approximate surface area is 154 Å². The van der Waals surface area contributed by atoms with Crippen LogP contribution in [0.4, 0.5) is 14.6 Å². The van der Waals surface area contributed by atoms with Gasteiger partial charge in [-0.2, -0.15) is 0 Å². The smallest absolute Gasteiger partial charge is 0.165 e. The lowest BCUT2D eigenvalue weighted by Crippen LogP contribution is -2.30. The summed E-state index contributed by atoms with van der Waals surface area (Å²) >= 11 is 0. The first-order valence-electron chi connectivity index (χ1n) is 8.67. The summed E-state index contributed by atoms with van der Waals surface area (Å²) in [6, 6.07) is 2.29. The van der Waals surface area contributed by atoms with Crippen molar-refractivity contribution in [2.75, 3.05) is 18.4 Å². The Morgan fingerprint density at radius 2 is 2.07 bits per heavy atom. The molecule has 0 saturated carbocycles. The van der Waals surface area contributed by atoms with Crippen molar-refractivity contribution < 1.29 is 13.9 Å². The van der Waals surface area contributed by atoms with Crippen molar-refractivity contribution in [3.8, 4) is 11.4 Å². The Morgan fingerprint density at radius 1 is 1.26 bits per heavy atom. The van der Waals surface area contributed by atoms with Crippen molar-refractivity contribution in [3.63, 3.8) is 0 Å². The molecule has 4 heterocycles. The summed E-state index contributed by atoms with van der Waals surface area (Å²) in [6.45, 7) is 3.92. The van der Waals surface area contributed by atoms with Gasteiger partial charge in [-0.05, 0) is 26.0 Å². The Bertz CT molecular complexity index is 984. The maximum absolute atomic E-state index is 14.2. The van der Waals surface area contributed by atoms with Gasteiger partial charge < -0.3 is 15.7 Å². The van der Waals surface area contributed by atoms with Gasteiger partial charge in [0, 0.05) is 19.3 Å². The first kappa shape index (κ1) is 17.7. The Morgan fingerprint density at radius 3 is 2.78 bits per heavy atom. The van der Waals surface area contributed by atoms with E-state index in [4.69, 9.17) is 0 Å². The van der Waals surface area contributed by atoms with Gasteiger partial charge >= 0.3 is 0 Å². The van der Waals surface area contributed by atoms with Crippen molar-refractivity contribution in [3.05, 3.63) is 42.2 Å². The average molecular weight is 374 g/mol. The van der Waals surface area contributed by atoms with Crippen LogP contribution in [0.25, 0.3) is 17.0 Å². The zero-order valence-electron chi connectivity index (χ0n) is 14.9. The molecule has 3 aromatic rings. The molecule has 1 aliphatic rings. The molecule has 0 amide bonds. The van der Waals surface area contributed by atoms with E-state index in [9.17, 15) is 13.9 Å². The number of pyridine rings is 1. The van der Waals surface area contributed by atoms with Gasteiger partial charge in [0.1, 0.15) is 11.8 Å². The molecule has 0 aromatic carbocycles. The molecule has 27 heavy (non-hydrogen) atoms. The number of nitrogens with zero attached hydrogens (tertiary/aromatic N) is 4. The van der Waals surface area contributed by atoms with Gasteiger partial charge in [0.05, 0.1) is 35.5 Å². The van der Waals surface area contributed by atoms with E-state index < -0.39 is 23.6 Å². The number of alkyl halides is 1. The molecule has 0 spiro atoms. The van der Waals surface area contributed by atoms with Crippen LogP contribution in [0.15, 0.2) is 30.7 Å². The third-order valence-corrected chi connectivity index (χ3v) is 4.59. The molecular weight excluding hydrogens is 354 g/mol. The minimum Gasteiger partial charge on any atom is -0.384 e. The predicted molar refractivity (Wildman–Crippen MR) is 96.6 cm³/mol. The third kappa shape index (κ3) is 3.35. The fourth-order valence-electron chi connectivity index (χ4n) is 3.04. The van der Waals surface area contributed by atoms with E-state index in [0.717, 1.165) is 0 Å². The highest BCUT2D eigenvalue weighted by Gasteiger charge is 2.28. The van der Waals surface area contributed by atoms with E-state index in [1.165, 1.54) is 12.1 Å². The van der Waals surface area contributed by atoms with E-state index in [1.807, 2.05) is 0 Å². The predicted octanol–water partition coefficient (Wildman–Crippen LogP) is 1.88. The van der Waals surface area contributed by atoms with Crippen LogP contribution in [0.1, 0.15) is 19.5 Å². The SMILES string of the molecule is CC(C)(O)c1cn2c(-c3ccc(F)c(NC4CNCC4F)n3)cnc2cn1. The third-order valence-electron chi connectivity index (χ3n) is 4.59. The molecule has 4 rings (SSSR count). The van der Waals surface area contributed by atoms with E-state index in [0.29, 0.717) is 29.3 Å². The van der Waals surface area contributed by atoms with Crippen LogP contribution in [-0.4, -0.2) is 49.8 Å². The second-order valence-electron chi connectivity index (χ2n) is 7.16. The summed E-state index contributed by atoms with van der Waals surface area (Å²) in [7, 11) is 0. The minimum absolute atomic E-state index is 0.00410. The molecule has 0 aliphatic carbocycles. The lowest BCUT2D eigenvalue weighted by Gasteiger charge is -2.17. The van der Waals surface area contributed by atoms with Gasteiger partial charge in [-0.3, -0.25) is 9.38 Å². The van der Waals surface area contributed by atoms with Crippen LogP contribution in [0, 0.1) is 5.82 Å². The zero-order valence-corrected chi connectivity index (χ0v) is 14.9. The number of aliphatic hydroxyl groups is 1. The Balaban J connectivity index is 1.74. The lowest BCUT2D eigenvalue weighted by atomic mass is 10.1. The minimum atomic E-state index is -1.12. The highest BCUT2D eigenvalue weighted by atomic mass is 19.1. The number of anilines is 1. The Kier molecular flexibility index (Phi) is 4.27. The summed E-state index contributed by atoms with van der Waals surface area (Å²) in [5, 5.41) is 16.0. The second kappa shape index (κ2) is 6.50. The molecule has 2 unspecified atom stereocenters. The van der Waals surface area contributed by atoms with Gasteiger partial charge in [0.25, 0.3) is 0 Å². The summed E-state index contributed by atoms with van der Waals surface area (Å²) in [4.78, 5) is 12.8. The topological polar surface area (TPSA) is 87.4 Å². The van der Waals surface area contributed by atoms with Crippen LogP contribution in [0.2, 0.25) is 0 Å². The van der Waals surface area contributed by atoms with Crippen molar-refractivity contribution in [1.29, 1.82) is 0 Å². The first-order valence-corrected chi connectivity index (χ1v) is 8.67. The number of imidazole rings is 1. The molecule has 142 valence electrons. The van der Waals surface area contributed by atoms with Gasteiger partial charge in [-0.25, -0.2) is 18.7 Å². The maximum atomic E-state index is 14.2. The molecule has 1 saturated heterocycles. The number of halogens is 2. The van der Waals surface area contributed by atoms with Crippen LogP contribution >= 0.6 is 0 Å². The molecule has 1 fully saturated rings. The number of rotatable bonds is 4. The quantitative estimate of drug-likeness (QED) is 0.646. The summed E-state index contributed by atoms with van der Waals surface area (Å²) in [6.07, 6.45) is 3.72. The normalized spacial score (nSPS) is 20.3. The molecular formula is C18H20F2N6O. The molecule has 3 N–H and O–H groups in total. The number of fused-ring (bicyclic) bond motifs is 1. The molecule has 0 bridgehead atoms. The van der Waals surface area contributed by atoms with E-state index in [2.05, 4.69) is 25.6 Å². The average Bonchev–Trinajstić information content (AvgIpc) is 3.22. The van der Waals surface area contributed by atoms with Crippen LogP contribution < -0.4 is 10.6 Å². The van der Waals surface area contributed by atoms with Gasteiger partial charge in [-0.1, -0.05) is 0 Å². The van der Waals surface area contributed by atoms with Gasteiger partial charge in [0.15, 0.2) is 17.3 Å². The number of aromatic nitrogens is 4.